The van der Waals surface area contributed by atoms with Crippen molar-refractivity contribution in [3.63, 3.8) is 0 Å². The molecule has 0 bridgehead atoms. The number of carboxylic acids is 2. The number of rotatable bonds is 21. The molecule has 0 aliphatic rings. The first-order valence-electron chi connectivity index (χ1n) is 12.6. The van der Waals surface area contributed by atoms with E-state index in [9.17, 15) is 33.9 Å². The van der Waals surface area contributed by atoms with Crippen LogP contribution < -0.4 is 50.4 Å². The predicted molar refractivity (Wildman–Crippen MR) is 147 cm³/mol. The summed E-state index contributed by atoms with van der Waals surface area (Å²) in [4.78, 5) is 80.0. The van der Waals surface area contributed by atoms with Crippen LogP contribution in [0.25, 0.3) is 0 Å². The topological polar surface area (TPSA) is 360 Å². The highest BCUT2D eigenvalue weighted by molar-refractivity contribution is 5.94. The minimum atomic E-state index is -1.58. The van der Waals surface area contributed by atoms with E-state index < -0.39 is 72.6 Å². The lowest BCUT2D eigenvalue weighted by molar-refractivity contribution is -0.143. The molecule has 17 N–H and O–H groups in total. The number of carbonyl (C=O) groups is 6. The van der Waals surface area contributed by atoms with E-state index in [2.05, 4.69) is 25.9 Å². The van der Waals surface area contributed by atoms with Crippen LogP contribution in [-0.4, -0.2) is 95.0 Å². The number of primary amides is 1. The van der Waals surface area contributed by atoms with E-state index in [1.807, 2.05) is 0 Å². The summed E-state index contributed by atoms with van der Waals surface area (Å²) in [5.74, 6) is -6.42. The number of amides is 4. The molecule has 0 aliphatic heterocycles. The summed E-state index contributed by atoms with van der Waals surface area (Å²) < 4.78 is 0. The van der Waals surface area contributed by atoms with E-state index in [4.69, 9.17) is 39.5 Å². The van der Waals surface area contributed by atoms with Crippen molar-refractivity contribution < 1.29 is 39.0 Å². The third kappa shape index (κ3) is 17.5. The number of nitrogens with zero attached hydrogens (tertiary/aromatic N) is 2. The molecule has 0 aromatic heterocycles. The van der Waals surface area contributed by atoms with Crippen molar-refractivity contribution in [1.29, 1.82) is 0 Å². The van der Waals surface area contributed by atoms with Gasteiger partial charge in [-0.25, -0.2) is 4.79 Å². The highest BCUT2D eigenvalue weighted by atomic mass is 16.4. The molecular formula is C22H41N11O8. The van der Waals surface area contributed by atoms with Gasteiger partial charge in [-0.1, -0.05) is 0 Å². The van der Waals surface area contributed by atoms with Crippen molar-refractivity contribution in [3.05, 3.63) is 0 Å². The number of carboxylic acid groups (broad SMARTS) is 2. The van der Waals surface area contributed by atoms with Gasteiger partial charge in [0.1, 0.15) is 18.1 Å². The van der Waals surface area contributed by atoms with Crippen LogP contribution in [0.3, 0.4) is 0 Å². The van der Waals surface area contributed by atoms with Gasteiger partial charge in [-0.2, -0.15) is 0 Å². The molecule has 0 fully saturated rings. The molecule has 4 atom stereocenters. The van der Waals surface area contributed by atoms with Crippen LogP contribution in [0, 0.1) is 0 Å². The number of aliphatic imine (C=N–C) groups is 2. The molecule has 0 radical (unpaired) electrons. The molecule has 19 heteroatoms. The van der Waals surface area contributed by atoms with Crippen molar-refractivity contribution in [2.24, 2.45) is 44.4 Å². The van der Waals surface area contributed by atoms with Crippen molar-refractivity contribution >= 4 is 47.5 Å². The Kier molecular flexibility index (Phi) is 17.2. The third-order valence-corrected chi connectivity index (χ3v) is 5.46. The van der Waals surface area contributed by atoms with Gasteiger partial charge in [-0.3, -0.25) is 34.0 Å². The Labute approximate surface area is 235 Å². The average molecular weight is 588 g/mol. The molecule has 4 amide bonds. The van der Waals surface area contributed by atoms with Crippen molar-refractivity contribution in [2.45, 2.75) is 75.5 Å². The van der Waals surface area contributed by atoms with Crippen LogP contribution >= 0.6 is 0 Å². The third-order valence-electron chi connectivity index (χ3n) is 5.46. The Morgan fingerprint density at radius 2 is 1.05 bits per heavy atom. The Hall–Kier alpha value is -4.68. The maximum absolute atomic E-state index is 13.2. The Bertz CT molecular complexity index is 981. The minimum absolute atomic E-state index is 0.00952. The van der Waals surface area contributed by atoms with E-state index in [-0.39, 0.29) is 57.1 Å². The summed E-state index contributed by atoms with van der Waals surface area (Å²) >= 11 is 0. The monoisotopic (exact) mass is 587 g/mol. The molecule has 0 rings (SSSR count). The standard InChI is InChI=1S/C22H41N11O8/c23-11(3-1-9-29-21(25)26)17(37)31-12(4-2-10-30-22(27)28)18(38)32-13(5-7-15(24)34)19(39)33-14(20(40)41)6-8-16(35)36/h11-14H,1-10,23H2,(H2,24,34)(H,31,37)(H,32,38)(H,33,39)(H,35,36)(H,40,41)(H4,25,26,29)(H4,27,28,30). The number of nitrogens with two attached hydrogens (primary N) is 6. The van der Waals surface area contributed by atoms with Gasteiger partial charge in [0.2, 0.25) is 23.6 Å². The zero-order valence-corrected chi connectivity index (χ0v) is 22.6. The largest absolute Gasteiger partial charge is 0.481 e. The van der Waals surface area contributed by atoms with Gasteiger partial charge < -0.3 is 60.6 Å². The first kappa shape index (κ1) is 36.3. The molecule has 0 spiro atoms. The maximum atomic E-state index is 13.2. The Morgan fingerprint density at radius 3 is 1.51 bits per heavy atom. The summed E-state index contributed by atoms with van der Waals surface area (Å²) in [6.07, 6.45) is -0.856. The van der Waals surface area contributed by atoms with Crippen molar-refractivity contribution in [3.8, 4) is 0 Å². The fourth-order valence-electron chi connectivity index (χ4n) is 3.33. The highest BCUT2D eigenvalue weighted by Crippen LogP contribution is 2.06. The minimum Gasteiger partial charge on any atom is -0.481 e. The zero-order valence-electron chi connectivity index (χ0n) is 22.6. The predicted octanol–water partition coefficient (Wildman–Crippen LogP) is -4.91. The Morgan fingerprint density at radius 1 is 0.610 bits per heavy atom. The molecule has 0 heterocycles. The fourth-order valence-corrected chi connectivity index (χ4v) is 3.33. The van der Waals surface area contributed by atoms with Crippen molar-refractivity contribution in [1.82, 2.24) is 16.0 Å². The zero-order chi connectivity index (χ0) is 31.5. The molecule has 232 valence electrons. The first-order valence-corrected chi connectivity index (χ1v) is 12.6. The average Bonchev–Trinajstić information content (AvgIpc) is 2.87. The van der Waals surface area contributed by atoms with Gasteiger partial charge in [0, 0.05) is 25.9 Å². The summed E-state index contributed by atoms with van der Waals surface area (Å²) in [5.41, 5.74) is 32.2. The fraction of sp³-hybridized carbons (Fsp3) is 0.636. The van der Waals surface area contributed by atoms with Gasteiger partial charge >= 0.3 is 11.9 Å². The van der Waals surface area contributed by atoms with Gasteiger partial charge in [0.25, 0.3) is 0 Å². The number of nitrogens with one attached hydrogen (secondary N) is 3. The van der Waals surface area contributed by atoms with Crippen molar-refractivity contribution in [2.75, 3.05) is 13.1 Å². The highest BCUT2D eigenvalue weighted by Gasteiger charge is 2.30. The molecule has 41 heavy (non-hydrogen) atoms. The summed E-state index contributed by atoms with van der Waals surface area (Å²) in [7, 11) is 0. The van der Waals surface area contributed by atoms with Gasteiger partial charge in [-0.15, -0.1) is 0 Å². The van der Waals surface area contributed by atoms with Crippen LogP contribution in [0.4, 0.5) is 0 Å². The number of hydrogen-bond donors (Lipinski definition) is 11. The van der Waals surface area contributed by atoms with E-state index in [0.717, 1.165) is 0 Å². The quantitative estimate of drug-likeness (QED) is 0.0341. The van der Waals surface area contributed by atoms with Crippen LogP contribution in [0.1, 0.15) is 51.4 Å². The SMILES string of the molecule is NC(=O)CCC(NC(=O)C(CCCN=C(N)N)NC(=O)C(N)CCCN=C(N)N)C(=O)NC(CCC(=O)O)C(=O)O. The first-order chi connectivity index (χ1) is 19.1. The molecule has 0 aromatic rings. The lowest BCUT2D eigenvalue weighted by Crippen LogP contribution is -2.57. The second-order valence-corrected chi connectivity index (χ2v) is 8.96. The summed E-state index contributed by atoms with van der Waals surface area (Å²) in [6, 6.07) is -5.30. The molecule has 19 nitrogen and oxygen atoms in total. The van der Waals surface area contributed by atoms with E-state index in [1.54, 1.807) is 0 Å². The lowest BCUT2D eigenvalue weighted by atomic mass is 10.0. The van der Waals surface area contributed by atoms with E-state index >= 15 is 0 Å². The number of hydrogen-bond acceptors (Lipinski definition) is 9. The lowest BCUT2D eigenvalue weighted by Gasteiger charge is -2.25. The second-order valence-electron chi connectivity index (χ2n) is 8.96. The van der Waals surface area contributed by atoms with Crippen LogP contribution in [0.2, 0.25) is 0 Å². The van der Waals surface area contributed by atoms with Gasteiger partial charge in [-0.05, 0) is 38.5 Å². The molecule has 0 aliphatic carbocycles. The summed E-state index contributed by atoms with van der Waals surface area (Å²) in [6.45, 7) is 0.341. The van der Waals surface area contributed by atoms with Crippen LogP contribution in [0.5, 0.6) is 0 Å². The molecular weight excluding hydrogens is 546 g/mol. The smallest absolute Gasteiger partial charge is 0.326 e. The molecule has 0 saturated heterocycles. The summed E-state index contributed by atoms with van der Waals surface area (Å²) in [5, 5.41) is 25.2. The van der Waals surface area contributed by atoms with Gasteiger partial charge in [0.15, 0.2) is 11.9 Å². The molecule has 4 unspecified atom stereocenters. The Balaban J connectivity index is 5.68. The number of carbonyl (C=O) groups excluding carboxylic acids is 4. The number of aliphatic carboxylic acids is 2. The van der Waals surface area contributed by atoms with Gasteiger partial charge in [0.05, 0.1) is 6.04 Å². The van der Waals surface area contributed by atoms with Crippen LogP contribution in [0.15, 0.2) is 9.98 Å². The maximum Gasteiger partial charge on any atom is 0.326 e. The van der Waals surface area contributed by atoms with E-state index in [1.165, 1.54) is 0 Å². The second kappa shape index (κ2) is 19.4. The molecule has 0 saturated carbocycles. The number of guanidine groups is 2. The van der Waals surface area contributed by atoms with E-state index in [0.29, 0.717) is 6.42 Å². The normalized spacial score (nSPS) is 13.4. The molecule has 0 aromatic carbocycles. The van der Waals surface area contributed by atoms with Crippen LogP contribution in [-0.2, 0) is 28.8 Å².